The van der Waals surface area contributed by atoms with Crippen LogP contribution in [-0.2, 0) is 6.42 Å². The minimum absolute atomic E-state index is 0. The summed E-state index contributed by atoms with van der Waals surface area (Å²) in [6.45, 7) is -0.0317. The Morgan fingerprint density at radius 1 is 1.44 bits per heavy atom. The maximum absolute atomic E-state index is 10.5. The molecule has 0 bridgehead atoms. The number of carbonyl (C=O) groups is 1. The number of aliphatic hydroxyl groups is 1. The second kappa shape index (κ2) is 7.90. The van der Waals surface area contributed by atoms with Gasteiger partial charge in [0.15, 0.2) is 0 Å². The van der Waals surface area contributed by atoms with Crippen LogP contribution in [-0.4, -0.2) is 33.9 Å². The van der Waals surface area contributed by atoms with E-state index < -0.39 is 6.09 Å². The number of nitrogens with one attached hydrogen (secondary N) is 1. The molecule has 6 heteroatoms. The minimum Gasteiger partial charge on any atom is -0.465 e. The molecule has 0 saturated heterocycles. The molecule has 0 aliphatic heterocycles. The normalized spacial score (nSPS) is 11.3. The molecule has 1 rings (SSSR count). The summed E-state index contributed by atoms with van der Waals surface area (Å²) in [5, 5.41) is 19.7. The fourth-order valence-electron chi connectivity index (χ4n) is 1.36. The van der Waals surface area contributed by atoms with Crippen LogP contribution in [0, 0.1) is 0 Å². The molecule has 1 heterocycles. The van der Waals surface area contributed by atoms with Gasteiger partial charge >= 0.3 is 6.09 Å². The average Bonchev–Trinajstić information content (AvgIpc) is 2.18. The molecule has 1 aromatic rings. The number of pyridine rings is 1. The zero-order valence-corrected chi connectivity index (χ0v) is 9.48. The summed E-state index contributed by atoms with van der Waals surface area (Å²) in [4.78, 5) is 14.3. The van der Waals surface area contributed by atoms with E-state index in [-0.39, 0.29) is 25.1 Å². The van der Waals surface area contributed by atoms with Crippen molar-refractivity contribution < 1.29 is 15.0 Å². The Hall–Kier alpha value is -1.33. The zero-order chi connectivity index (χ0) is 11.1. The molecular formula is C10H15ClN2O3. The number of carboxylic acid groups (broad SMARTS) is 1. The number of hydrogen-bond donors (Lipinski definition) is 3. The fraction of sp³-hybridized carbons (Fsp3) is 0.400. The van der Waals surface area contributed by atoms with Crippen molar-refractivity contribution in [1.82, 2.24) is 10.3 Å². The molecule has 90 valence electrons. The Kier molecular flexibility index (Phi) is 7.24. The third-order valence-corrected chi connectivity index (χ3v) is 2.04. The first-order valence-electron chi connectivity index (χ1n) is 4.71. The van der Waals surface area contributed by atoms with Crippen molar-refractivity contribution in [2.75, 3.05) is 6.61 Å². The first-order chi connectivity index (χ1) is 7.22. The number of amides is 1. The van der Waals surface area contributed by atoms with Crippen LogP contribution in [0.3, 0.4) is 0 Å². The van der Waals surface area contributed by atoms with E-state index in [1.54, 1.807) is 12.4 Å². The highest BCUT2D eigenvalue weighted by Gasteiger charge is 2.11. The smallest absolute Gasteiger partial charge is 0.404 e. The standard InChI is InChI=1S/C10H14N2O3.ClH/c13-6-3-9(12-10(14)15)7-8-1-4-11-5-2-8;/h1-2,4-5,9,12-13H,3,6-7H2,(H,14,15);1H. The van der Waals surface area contributed by atoms with Crippen LogP contribution in [0.2, 0.25) is 0 Å². The molecule has 5 nitrogen and oxygen atoms in total. The third-order valence-electron chi connectivity index (χ3n) is 2.04. The number of aliphatic hydroxyl groups excluding tert-OH is 1. The predicted molar refractivity (Wildman–Crippen MR) is 61.8 cm³/mol. The molecule has 0 aliphatic rings. The second-order valence-electron chi connectivity index (χ2n) is 3.22. The van der Waals surface area contributed by atoms with E-state index in [1.165, 1.54) is 0 Å². The molecule has 0 aromatic carbocycles. The third kappa shape index (κ3) is 5.53. The molecule has 1 atom stereocenters. The Morgan fingerprint density at radius 2 is 2.06 bits per heavy atom. The van der Waals surface area contributed by atoms with E-state index in [1.807, 2.05) is 12.1 Å². The van der Waals surface area contributed by atoms with Gasteiger partial charge in [-0.1, -0.05) is 0 Å². The highest BCUT2D eigenvalue weighted by molar-refractivity contribution is 5.85. The highest BCUT2D eigenvalue weighted by atomic mass is 35.5. The number of halogens is 1. The van der Waals surface area contributed by atoms with Crippen LogP contribution >= 0.6 is 12.4 Å². The van der Waals surface area contributed by atoms with Gasteiger partial charge in [0.05, 0.1) is 0 Å². The molecule has 0 spiro atoms. The topological polar surface area (TPSA) is 82.5 Å². The lowest BCUT2D eigenvalue weighted by atomic mass is 10.1. The summed E-state index contributed by atoms with van der Waals surface area (Å²) in [7, 11) is 0. The lowest BCUT2D eigenvalue weighted by molar-refractivity contribution is 0.185. The largest absolute Gasteiger partial charge is 0.465 e. The number of nitrogens with zero attached hydrogens (tertiary/aromatic N) is 1. The Balaban J connectivity index is 0.00000225. The van der Waals surface area contributed by atoms with Crippen LogP contribution in [0.5, 0.6) is 0 Å². The SMILES string of the molecule is Cl.O=C(O)NC(CCO)Cc1ccncc1. The van der Waals surface area contributed by atoms with Crippen molar-refractivity contribution >= 4 is 18.5 Å². The van der Waals surface area contributed by atoms with E-state index in [4.69, 9.17) is 10.2 Å². The molecule has 1 unspecified atom stereocenters. The first kappa shape index (κ1) is 14.7. The zero-order valence-electron chi connectivity index (χ0n) is 8.67. The summed E-state index contributed by atoms with van der Waals surface area (Å²) < 4.78 is 0. The van der Waals surface area contributed by atoms with E-state index in [9.17, 15) is 4.79 Å². The summed E-state index contributed by atoms with van der Waals surface area (Å²) >= 11 is 0. The van der Waals surface area contributed by atoms with Crippen LogP contribution in [0.15, 0.2) is 24.5 Å². The van der Waals surface area contributed by atoms with Gasteiger partial charge in [-0.3, -0.25) is 4.98 Å². The maximum Gasteiger partial charge on any atom is 0.404 e. The molecule has 16 heavy (non-hydrogen) atoms. The second-order valence-corrected chi connectivity index (χ2v) is 3.22. The Morgan fingerprint density at radius 3 is 2.56 bits per heavy atom. The van der Waals surface area contributed by atoms with Crippen LogP contribution in [0.1, 0.15) is 12.0 Å². The quantitative estimate of drug-likeness (QED) is 0.726. The highest BCUT2D eigenvalue weighted by Crippen LogP contribution is 2.04. The minimum atomic E-state index is -1.07. The van der Waals surface area contributed by atoms with E-state index in [0.717, 1.165) is 5.56 Å². The predicted octanol–water partition coefficient (Wildman–Crippen LogP) is 1.06. The van der Waals surface area contributed by atoms with Crippen LogP contribution < -0.4 is 5.32 Å². The monoisotopic (exact) mass is 246 g/mol. The summed E-state index contributed by atoms with van der Waals surface area (Å²) in [6.07, 6.45) is 3.23. The summed E-state index contributed by atoms with van der Waals surface area (Å²) in [5.74, 6) is 0. The van der Waals surface area contributed by atoms with Crippen LogP contribution in [0.4, 0.5) is 4.79 Å². The van der Waals surface area contributed by atoms with Gasteiger partial charge in [0.2, 0.25) is 0 Å². The van der Waals surface area contributed by atoms with E-state index >= 15 is 0 Å². The molecular weight excluding hydrogens is 232 g/mol. The lowest BCUT2D eigenvalue weighted by Crippen LogP contribution is -2.36. The average molecular weight is 247 g/mol. The maximum atomic E-state index is 10.5. The van der Waals surface area contributed by atoms with E-state index in [2.05, 4.69) is 10.3 Å². The van der Waals surface area contributed by atoms with Gasteiger partial charge in [0.25, 0.3) is 0 Å². The van der Waals surface area contributed by atoms with Crippen molar-refractivity contribution in [3.05, 3.63) is 30.1 Å². The Bertz CT molecular complexity index is 308. The van der Waals surface area contributed by atoms with E-state index in [0.29, 0.717) is 12.8 Å². The van der Waals surface area contributed by atoms with Crippen molar-refractivity contribution in [1.29, 1.82) is 0 Å². The van der Waals surface area contributed by atoms with Gasteiger partial charge in [0.1, 0.15) is 0 Å². The van der Waals surface area contributed by atoms with Gasteiger partial charge in [-0.2, -0.15) is 0 Å². The molecule has 3 N–H and O–H groups in total. The van der Waals surface area contributed by atoms with Gasteiger partial charge in [-0.15, -0.1) is 12.4 Å². The number of hydrogen-bond acceptors (Lipinski definition) is 3. The molecule has 1 aromatic heterocycles. The van der Waals surface area contributed by atoms with Crippen molar-refractivity contribution in [3.8, 4) is 0 Å². The number of rotatable bonds is 5. The molecule has 0 fully saturated rings. The van der Waals surface area contributed by atoms with Crippen LogP contribution in [0.25, 0.3) is 0 Å². The van der Waals surface area contributed by atoms with Gasteiger partial charge in [-0.05, 0) is 30.5 Å². The lowest BCUT2D eigenvalue weighted by Gasteiger charge is -2.15. The number of aromatic nitrogens is 1. The van der Waals surface area contributed by atoms with Crippen molar-refractivity contribution in [2.24, 2.45) is 0 Å². The van der Waals surface area contributed by atoms with Gasteiger partial charge < -0.3 is 15.5 Å². The summed E-state index contributed by atoms with van der Waals surface area (Å²) in [5.41, 5.74) is 0.997. The first-order valence-corrected chi connectivity index (χ1v) is 4.71. The van der Waals surface area contributed by atoms with Crippen molar-refractivity contribution in [2.45, 2.75) is 18.9 Å². The Labute approximate surface area is 99.9 Å². The molecule has 1 amide bonds. The molecule has 0 saturated carbocycles. The molecule has 0 radical (unpaired) electrons. The van der Waals surface area contributed by atoms with Gasteiger partial charge in [-0.25, -0.2) is 4.79 Å². The fourth-order valence-corrected chi connectivity index (χ4v) is 1.36. The molecule has 0 aliphatic carbocycles. The van der Waals surface area contributed by atoms with Gasteiger partial charge in [0, 0.05) is 25.0 Å². The van der Waals surface area contributed by atoms with Crippen molar-refractivity contribution in [3.63, 3.8) is 0 Å². The summed E-state index contributed by atoms with van der Waals surface area (Å²) in [6, 6.07) is 3.40.